The zero-order valence-corrected chi connectivity index (χ0v) is 22.0. The number of benzene rings is 3. The minimum absolute atomic E-state index is 0.0648. The van der Waals surface area contributed by atoms with Crippen molar-refractivity contribution in [1.29, 1.82) is 0 Å². The van der Waals surface area contributed by atoms with Gasteiger partial charge in [-0.05, 0) is 42.5 Å². The number of hydrogen-bond acceptors (Lipinski definition) is 6. The van der Waals surface area contributed by atoms with Crippen molar-refractivity contribution < 1.29 is 26.4 Å². The summed E-state index contributed by atoms with van der Waals surface area (Å²) >= 11 is 0. The second-order valence-corrected chi connectivity index (χ2v) is 11.1. The van der Waals surface area contributed by atoms with E-state index < -0.39 is 27.7 Å². The molecular formula is C27H26F3N5O4S. The number of nitrogens with zero attached hydrogens (tertiary/aromatic N) is 3. The van der Waals surface area contributed by atoms with Crippen LogP contribution in [0.1, 0.15) is 15.9 Å². The average Bonchev–Trinajstić information content (AvgIpc) is 3.38. The van der Waals surface area contributed by atoms with Crippen LogP contribution in [0.4, 0.5) is 18.9 Å². The van der Waals surface area contributed by atoms with Crippen LogP contribution in [0.25, 0.3) is 11.0 Å². The summed E-state index contributed by atoms with van der Waals surface area (Å²) in [4.78, 5) is 30.3. The molecule has 0 atom stereocenters. The number of para-hydroxylation sites is 2. The van der Waals surface area contributed by atoms with E-state index in [4.69, 9.17) is 0 Å². The number of piperazine rings is 1. The van der Waals surface area contributed by atoms with E-state index in [1.165, 1.54) is 24.3 Å². The Labute approximate surface area is 227 Å². The number of fused-ring (bicyclic) bond motifs is 2. The number of sulfonamides is 1. The lowest BCUT2D eigenvalue weighted by Crippen LogP contribution is -2.47. The van der Waals surface area contributed by atoms with Crippen molar-refractivity contribution in [2.45, 2.75) is 17.6 Å². The predicted molar refractivity (Wildman–Crippen MR) is 144 cm³/mol. The summed E-state index contributed by atoms with van der Waals surface area (Å²) in [6.07, 6.45) is -4.33. The van der Waals surface area contributed by atoms with Gasteiger partial charge in [0.05, 0.1) is 22.2 Å². The standard InChI is InChI=1S/C20H21F3N4O.C7H5NO3S/c21-20(22,23)15-4-3-5-16(14-15)26-11-8-25(9-12-26)10-13-27-18-7-2-1-6-17(18)24-19(27)28;9-7-5-3-1-2-4-6(5)12(10,11)8-7/h1-7,14H,8-13H2,(H,24,28);1-4H,(H,8,9). The largest absolute Gasteiger partial charge is 0.416 e. The van der Waals surface area contributed by atoms with Gasteiger partial charge in [0, 0.05) is 45.0 Å². The highest BCUT2D eigenvalue weighted by Gasteiger charge is 2.32. The first kappa shape index (κ1) is 27.5. The van der Waals surface area contributed by atoms with E-state index in [-0.39, 0.29) is 16.1 Å². The predicted octanol–water partition coefficient (Wildman–Crippen LogP) is 3.29. The summed E-state index contributed by atoms with van der Waals surface area (Å²) in [5.41, 5.74) is 1.78. The molecule has 6 rings (SSSR count). The van der Waals surface area contributed by atoms with Gasteiger partial charge in [0.2, 0.25) is 0 Å². The summed E-state index contributed by atoms with van der Waals surface area (Å²) in [5, 5.41) is 0. The summed E-state index contributed by atoms with van der Waals surface area (Å²) in [5.74, 6) is -0.550. The molecule has 0 saturated carbocycles. The van der Waals surface area contributed by atoms with Gasteiger partial charge in [-0.2, -0.15) is 13.2 Å². The first-order valence-corrected chi connectivity index (χ1v) is 14.0. The summed E-state index contributed by atoms with van der Waals surface area (Å²) in [6, 6.07) is 19.1. The van der Waals surface area contributed by atoms with E-state index in [1.54, 1.807) is 22.8 Å². The number of anilines is 1. The van der Waals surface area contributed by atoms with Gasteiger partial charge in [-0.25, -0.2) is 17.9 Å². The van der Waals surface area contributed by atoms with Gasteiger partial charge in [-0.3, -0.25) is 14.3 Å². The molecule has 1 aromatic heterocycles. The minimum atomic E-state index is -4.33. The van der Waals surface area contributed by atoms with Crippen molar-refractivity contribution in [3.63, 3.8) is 0 Å². The lowest BCUT2D eigenvalue weighted by molar-refractivity contribution is -0.137. The molecule has 1 fully saturated rings. The van der Waals surface area contributed by atoms with Gasteiger partial charge in [0.25, 0.3) is 15.9 Å². The molecule has 1 saturated heterocycles. The van der Waals surface area contributed by atoms with Crippen LogP contribution < -0.4 is 15.3 Å². The number of H-pyrrole nitrogens is 1. The van der Waals surface area contributed by atoms with E-state index in [1.807, 2.05) is 33.9 Å². The number of aromatic nitrogens is 2. The molecule has 40 heavy (non-hydrogen) atoms. The molecule has 13 heteroatoms. The highest BCUT2D eigenvalue weighted by atomic mass is 32.2. The molecule has 2 aliphatic rings. The molecule has 4 aromatic rings. The van der Waals surface area contributed by atoms with Gasteiger partial charge in [0.15, 0.2) is 0 Å². The SMILES string of the molecule is O=C1NS(=O)(=O)c2ccccc21.O=c1[nH]c2ccccc2n1CCN1CCN(c2cccc(C(F)(F)F)c2)CC1. The monoisotopic (exact) mass is 573 g/mol. The Kier molecular flexibility index (Phi) is 7.43. The third-order valence-electron chi connectivity index (χ3n) is 6.88. The Morgan fingerprint density at radius 3 is 2.25 bits per heavy atom. The molecule has 9 nitrogen and oxygen atoms in total. The summed E-state index contributed by atoms with van der Waals surface area (Å²) in [6.45, 7) is 4.10. The quantitative estimate of drug-likeness (QED) is 0.388. The lowest BCUT2D eigenvalue weighted by atomic mass is 10.1. The normalized spacial score (nSPS) is 16.8. The Bertz CT molecular complexity index is 1710. The van der Waals surface area contributed by atoms with Crippen molar-refractivity contribution in [3.8, 4) is 0 Å². The van der Waals surface area contributed by atoms with Gasteiger partial charge in [-0.1, -0.05) is 30.3 Å². The Balaban J connectivity index is 0.000000223. The molecular weight excluding hydrogens is 547 g/mol. The Hall–Kier alpha value is -4.10. The van der Waals surface area contributed by atoms with Crippen LogP contribution in [0.5, 0.6) is 0 Å². The molecule has 2 N–H and O–H groups in total. The van der Waals surface area contributed by atoms with Crippen LogP contribution in [-0.2, 0) is 22.7 Å². The fraction of sp³-hybridized carbons (Fsp3) is 0.259. The maximum Gasteiger partial charge on any atom is 0.416 e. The highest BCUT2D eigenvalue weighted by Crippen LogP contribution is 2.32. The van der Waals surface area contributed by atoms with E-state index in [0.29, 0.717) is 25.3 Å². The average molecular weight is 574 g/mol. The van der Waals surface area contributed by atoms with Crippen LogP contribution in [0.2, 0.25) is 0 Å². The maximum atomic E-state index is 12.9. The highest BCUT2D eigenvalue weighted by molar-refractivity contribution is 7.90. The zero-order valence-electron chi connectivity index (χ0n) is 21.2. The lowest BCUT2D eigenvalue weighted by Gasteiger charge is -2.36. The number of hydrogen-bond donors (Lipinski definition) is 2. The second kappa shape index (κ2) is 10.8. The summed E-state index contributed by atoms with van der Waals surface area (Å²) in [7, 11) is -3.55. The van der Waals surface area contributed by atoms with Gasteiger partial charge in [-0.15, -0.1) is 0 Å². The molecule has 0 bridgehead atoms. The fourth-order valence-electron chi connectivity index (χ4n) is 4.80. The van der Waals surface area contributed by atoms with Gasteiger partial charge in [0.1, 0.15) is 4.90 Å². The number of imidazole rings is 1. The minimum Gasteiger partial charge on any atom is -0.369 e. The van der Waals surface area contributed by atoms with Crippen molar-refractivity contribution >= 4 is 32.7 Å². The third kappa shape index (κ3) is 5.75. The number of halogens is 3. The van der Waals surface area contributed by atoms with E-state index in [9.17, 15) is 31.2 Å². The topological polar surface area (TPSA) is 108 Å². The Morgan fingerprint density at radius 1 is 0.825 bits per heavy atom. The number of aromatic amines is 1. The van der Waals surface area contributed by atoms with E-state index in [2.05, 4.69) is 9.88 Å². The van der Waals surface area contributed by atoms with Crippen LogP contribution in [0.3, 0.4) is 0 Å². The van der Waals surface area contributed by atoms with Crippen molar-refractivity contribution in [2.75, 3.05) is 37.6 Å². The molecule has 0 unspecified atom stereocenters. The molecule has 2 aliphatic heterocycles. The number of rotatable bonds is 4. The second-order valence-electron chi connectivity index (χ2n) is 9.41. The Morgan fingerprint density at radius 2 is 1.52 bits per heavy atom. The van der Waals surface area contributed by atoms with Crippen molar-refractivity contribution in [1.82, 2.24) is 19.2 Å². The number of carbonyl (C=O) groups is 1. The zero-order chi connectivity index (χ0) is 28.5. The molecule has 3 aromatic carbocycles. The number of nitrogens with one attached hydrogen (secondary N) is 2. The molecule has 0 aliphatic carbocycles. The van der Waals surface area contributed by atoms with Crippen LogP contribution in [0.15, 0.2) is 82.5 Å². The number of carbonyl (C=O) groups excluding carboxylic acids is 1. The number of amides is 1. The smallest absolute Gasteiger partial charge is 0.369 e. The summed E-state index contributed by atoms with van der Waals surface area (Å²) < 4.78 is 64.6. The maximum absolute atomic E-state index is 12.9. The molecule has 210 valence electrons. The van der Waals surface area contributed by atoms with Crippen LogP contribution >= 0.6 is 0 Å². The first-order valence-electron chi connectivity index (χ1n) is 12.5. The molecule has 1 amide bonds. The van der Waals surface area contributed by atoms with Gasteiger partial charge < -0.3 is 9.88 Å². The third-order valence-corrected chi connectivity index (χ3v) is 8.27. The molecule has 0 spiro atoms. The molecule has 3 heterocycles. The van der Waals surface area contributed by atoms with Crippen molar-refractivity contribution in [3.05, 3.63) is 94.4 Å². The van der Waals surface area contributed by atoms with E-state index in [0.717, 1.165) is 36.7 Å². The number of alkyl halides is 3. The van der Waals surface area contributed by atoms with Crippen LogP contribution in [0, 0.1) is 0 Å². The first-order chi connectivity index (χ1) is 19.0. The van der Waals surface area contributed by atoms with Crippen molar-refractivity contribution in [2.24, 2.45) is 0 Å². The van der Waals surface area contributed by atoms with Crippen LogP contribution in [-0.4, -0.2) is 61.5 Å². The fourth-order valence-corrected chi connectivity index (χ4v) is 5.97. The molecule has 0 radical (unpaired) electrons. The van der Waals surface area contributed by atoms with E-state index >= 15 is 0 Å². The van der Waals surface area contributed by atoms with Gasteiger partial charge >= 0.3 is 11.9 Å².